The van der Waals surface area contributed by atoms with E-state index >= 15 is 0 Å². The van der Waals surface area contributed by atoms with Gasteiger partial charge >= 0.3 is 7.60 Å². The third kappa shape index (κ3) is 6.06. The molecular weight excluding hydrogens is 421 g/mol. The first-order valence-corrected chi connectivity index (χ1v) is 12.1. The average Bonchev–Trinajstić information content (AvgIpc) is 3.38. The first kappa shape index (κ1) is 22.3. The summed E-state index contributed by atoms with van der Waals surface area (Å²) in [6.07, 6.45) is 1.56. The molecule has 0 aliphatic carbocycles. The summed E-state index contributed by atoms with van der Waals surface area (Å²) in [7, 11) is -3.69. The van der Waals surface area contributed by atoms with E-state index in [9.17, 15) is 4.57 Å². The lowest BCUT2D eigenvalue weighted by atomic mass is 10.2. The SMILES string of the molecule is O=P(OCc1ccccc1)(OCc1ccccc1)C(NCc1ccccc1)c1ccco1. The Hall–Kier alpha value is -2.95. The summed E-state index contributed by atoms with van der Waals surface area (Å²) in [5.74, 6) is -0.254. The standard InChI is InChI=1S/C26H26NO4P/c28-32(30-20-23-13-6-2-7-14-23,31-21-24-15-8-3-9-16-24)26(25-17-10-18-29-25)27-19-22-11-4-1-5-12-22/h1-18,26-27H,19-21H2. The minimum Gasteiger partial charge on any atom is -0.467 e. The summed E-state index contributed by atoms with van der Waals surface area (Å²) in [5, 5.41) is 3.34. The third-order valence-electron chi connectivity index (χ3n) is 4.98. The van der Waals surface area contributed by atoms with Crippen molar-refractivity contribution in [3.8, 4) is 0 Å². The molecule has 1 heterocycles. The van der Waals surface area contributed by atoms with Crippen LogP contribution in [-0.2, 0) is 33.4 Å². The Labute approximate surface area is 188 Å². The van der Waals surface area contributed by atoms with Gasteiger partial charge in [0.25, 0.3) is 0 Å². The predicted octanol–water partition coefficient (Wildman–Crippen LogP) is 6.69. The second kappa shape index (κ2) is 11.1. The Morgan fingerprint density at radius 2 is 1.19 bits per heavy atom. The van der Waals surface area contributed by atoms with E-state index in [1.54, 1.807) is 18.4 Å². The van der Waals surface area contributed by atoms with Crippen LogP contribution in [0.15, 0.2) is 114 Å². The molecule has 0 saturated carbocycles. The molecule has 4 aromatic rings. The Kier molecular flexibility index (Phi) is 7.70. The van der Waals surface area contributed by atoms with Gasteiger partial charge in [0.1, 0.15) is 5.76 Å². The quantitative estimate of drug-likeness (QED) is 0.259. The predicted molar refractivity (Wildman–Crippen MR) is 125 cm³/mol. The smallest absolute Gasteiger partial charge is 0.355 e. The molecule has 5 nitrogen and oxygen atoms in total. The van der Waals surface area contributed by atoms with Crippen LogP contribution in [0.3, 0.4) is 0 Å². The average molecular weight is 447 g/mol. The molecule has 4 rings (SSSR count). The normalized spacial score (nSPS) is 12.5. The van der Waals surface area contributed by atoms with Crippen molar-refractivity contribution < 1.29 is 18.0 Å². The molecule has 1 unspecified atom stereocenters. The van der Waals surface area contributed by atoms with Crippen molar-refractivity contribution in [2.75, 3.05) is 0 Å². The molecule has 0 bridgehead atoms. The van der Waals surface area contributed by atoms with Gasteiger partial charge in [-0.1, -0.05) is 91.0 Å². The molecule has 0 aliphatic rings. The van der Waals surface area contributed by atoms with Crippen LogP contribution in [0.2, 0.25) is 0 Å². The molecule has 1 N–H and O–H groups in total. The first-order valence-electron chi connectivity index (χ1n) is 10.5. The number of benzene rings is 3. The van der Waals surface area contributed by atoms with Crippen LogP contribution >= 0.6 is 7.60 Å². The van der Waals surface area contributed by atoms with E-state index in [1.165, 1.54) is 0 Å². The van der Waals surface area contributed by atoms with Crippen molar-refractivity contribution in [1.82, 2.24) is 5.32 Å². The summed E-state index contributed by atoms with van der Waals surface area (Å²) in [4.78, 5) is 0. The Morgan fingerprint density at radius 3 is 1.66 bits per heavy atom. The highest BCUT2D eigenvalue weighted by Gasteiger charge is 2.39. The molecule has 0 aliphatic heterocycles. The van der Waals surface area contributed by atoms with E-state index in [0.29, 0.717) is 12.3 Å². The van der Waals surface area contributed by atoms with Crippen molar-refractivity contribution in [1.29, 1.82) is 0 Å². The monoisotopic (exact) mass is 447 g/mol. The van der Waals surface area contributed by atoms with Gasteiger partial charge in [0.05, 0.1) is 19.5 Å². The number of nitrogens with one attached hydrogen (secondary N) is 1. The highest BCUT2D eigenvalue weighted by Crippen LogP contribution is 2.60. The maximum absolute atomic E-state index is 14.2. The maximum Gasteiger partial charge on any atom is 0.355 e. The van der Waals surface area contributed by atoms with Gasteiger partial charge in [-0.15, -0.1) is 0 Å². The largest absolute Gasteiger partial charge is 0.467 e. The van der Waals surface area contributed by atoms with Gasteiger partial charge in [-0.25, -0.2) is 0 Å². The molecule has 0 saturated heterocycles. The molecule has 1 atom stereocenters. The molecule has 0 amide bonds. The highest BCUT2D eigenvalue weighted by atomic mass is 31.2. The van der Waals surface area contributed by atoms with Crippen LogP contribution in [0.5, 0.6) is 0 Å². The maximum atomic E-state index is 14.2. The lowest BCUT2D eigenvalue weighted by Gasteiger charge is -2.27. The molecule has 0 radical (unpaired) electrons. The number of furan rings is 1. The molecule has 0 fully saturated rings. The minimum atomic E-state index is -3.69. The topological polar surface area (TPSA) is 60.7 Å². The zero-order chi connectivity index (χ0) is 22.1. The lowest BCUT2D eigenvalue weighted by Crippen LogP contribution is -2.23. The van der Waals surface area contributed by atoms with E-state index in [0.717, 1.165) is 16.7 Å². The van der Waals surface area contributed by atoms with Crippen LogP contribution in [0.4, 0.5) is 0 Å². The van der Waals surface area contributed by atoms with Gasteiger partial charge in [0, 0.05) is 6.54 Å². The van der Waals surface area contributed by atoms with Crippen molar-refractivity contribution in [3.05, 3.63) is 132 Å². The Bertz CT molecular complexity index is 1060. The van der Waals surface area contributed by atoms with E-state index in [-0.39, 0.29) is 13.2 Å². The van der Waals surface area contributed by atoms with Crippen LogP contribution in [0, 0.1) is 0 Å². The first-order chi connectivity index (χ1) is 15.7. The molecule has 164 valence electrons. The number of hydrogen-bond acceptors (Lipinski definition) is 5. The van der Waals surface area contributed by atoms with Crippen LogP contribution < -0.4 is 5.32 Å². The lowest BCUT2D eigenvalue weighted by molar-refractivity contribution is 0.176. The zero-order valence-corrected chi connectivity index (χ0v) is 18.6. The van der Waals surface area contributed by atoms with Crippen molar-refractivity contribution in [2.45, 2.75) is 25.5 Å². The fourth-order valence-electron chi connectivity index (χ4n) is 3.29. The third-order valence-corrected chi connectivity index (χ3v) is 7.03. The van der Waals surface area contributed by atoms with Crippen molar-refractivity contribution in [2.24, 2.45) is 0 Å². The van der Waals surface area contributed by atoms with E-state index < -0.39 is 13.4 Å². The van der Waals surface area contributed by atoms with Gasteiger partial charge in [-0.05, 0) is 28.8 Å². The molecule has 32 heavy (non-hydrogen) atoms. The summed E-state index contributed by atoms with van der Waals surface area (Å²) >= 11 is 0. The van der Waals surface area contributed by atoms with Crippen molar-refractivity contribution in [3.63, 3.8) is 0 Å². The van der Waals surface area contributed by atoms with E-state index in [4.69, 9.17) is 13.5 Å². The van der Waals surface area contributed by atoms with Crippen LogP contribution in [0.25, 0.3) is 0 Å². The molecule has 6 heteroatoms. The molecule has 1 aromatic heterocycles. The molecular formula is C26H26NO4P. The van der Waals surface area contributed by atoms with E-state index in [1.807, 2.05) is 91.0 Å². The second-order valence-corrected chi connectivity index (χ2v) is 9.45. The minimum absolute atomic E-state index is 0.164. The summed E-state index contributed by atoms with van der Waals surface area (Å²) in [5.41, 5.74) is 2.89. The summed E-state index contributed by atoms with van der Waals surface area (Å²) in [6, 6.07) is 32.7. The van der Waals surface area contributed by atoms with Crippen LogP contribution in [-0.4, -0.2) is 0 Å². The van der Waals surface area contributed by atoms with Gasteiger partial charge < -0.3 is 13.5 Å². The Morgan fingerprint density at radius 1 is 0.688 bits per heavy atom. The molecule has 3 aromatic carbocycles. The molecule has 0 spiro atoms. The highest BCUT2D eigenvalue weighted by molar-refractivity contribution is 7.54. The van der Waals surface area contributed by atoms with Gasteiger partial charge in [-0.3, -0.25) is 9.88 Å². The second-order valence-electron chi connectivity index (χ2n) is 7.34. The zero-order valence-electron chi connectivity index (χ0n) is 17.7. The summed E-state index contributed by atoms with van der Waals surface area (Å²) in [6.45, 7) is 0.813. The summed E-state index contributed by atoms with van der Waals surface area (Å²) < 4.78 is 31.9. The number of hydrogen-bond donors (Lipinski definition) is 1. The van der Waals surface area contributed by atoms with E-state index in [2.05, 4.69) is 5.32 Å². The van der Waals surface area contributed by atoms with Crippen molar-refractivity contribution >= 4 is 7.60 Å². The van der Waals surface area contributed by atoms with Gasteiger partial charge in [-0.2, -0.15) is 0 Å². The van der Waals surface area contributed by atoms with Gasteiger partial charge in [0.2, 0.25) is 0 Å². The fourth-order valence-corrected chi connectivity index (χ4v) is 5.09. The van der Waals surface area contributed by atoms with Crippen LogP contribution in [0.1, 0.15) is 28.2 Å². The van der Waals surface area contributed by atoms with Gasteiger partial charge in [0.15, 0.2) is 5.78 Å². The number of rotatable bonds is 11. The fraction of sp³-hybridized carbons (Fsp3) is 0.154. The Balaban J connectivity index is 1.59.